The van der Waals surface area contributed by atoms with Gasteiger partial charge in [-0.2, -0.15) is 0 Å². The molecule has 1 aromatic heterocycles. The van der Waals surface area contributed by atoms with Gasteiger partial charge in [-0.25, -0.2) is 4.79 Å². The van der Waals surface area contributed by atoms with E-state index in [9.17, 15) is 14.4 Å². The Kier molecular flexibility index (Phi) is 7.67. The molecule has 0 fully saturated rings. The maximum absolute atomic E-state index is 12.8. The van der Waals surface area contributed by atoms with E-state index in [1.165, 1.54) is 6.20 Å². The largest absolute Gasteiger partial charge is 0.346 e. The summed E-state index contributed by atoms with van der Waals surface area (Å²) in [5.41, 5.74) is 3.55. The van der Waals surface area contributed by atoms with Crippen LogP contribution in [-0.4, -0.2) is 22.8 Å². The molecular formula is C28H25N5O3. The number of para-hydroxylation sites is 1. The molecule has 0 aliphatic carbocycles. The highest BCUT2D eigenvalue weighted by Crippen LogP contribution is 2.18. The highest BCUT2D eigenvalue weighted by molar-refractivity contribution is 6.05. The van der Waals surface area contributed by atoms with Gasteiger partial charge in [-0.15, -0.1) is 0 Å². The Morgan fingerprint density at radius 1 is 0.667 bits per heavy atom. The Bertz CT molecular complexity index is 1340. The SMILES string of the molecule is CC(NC(=O)c1cccc(NC(=O)c2cccnc2)c1)c1ccc(NC(=O)Nc2ccccc2)cc1. The lowest BCUT2D eigenvalue weighted by molar-refractivity contribution is 0.0938. The maximum Gasteiger partial charge on any atom is 0.323 e. The molecule has 0 aliphatic rings. The molecule has 0 saturated heterocycles. The van der Waals surface area contributed by atoms with Crippen LogP contribution in [0, 0.1) is 0 Å². The fourth-order valence-electron chi connectivity index (χ4n) is 3.47. The van der Waals surface area contributed by atoms with Gasteiger partial charge in [-0.1, -0.05) is 36.4 Å². The van der Waals surface area contributed by atoms with E-state index in [1.807, 2.05) is 37.3 Å². The Labute approximate surface area is 208 Å². The second-order valence-corrected chi connectivity index (χ2v) is 8.04. The number of nitrogens with zero attached hydrogens (tertiary/aromatic N) is 1. The zero-order valence-corrected chi connectivity index (χ0v) is 19.6. The summed E-state index contributed by atoms with van der Waals surface area (Å²) in [5.74, 6) is -0.579. The molecule has 4 rings (SSSR count). The van der Waals surface area contributed by atoms with Crippen molar-refractivity contribution in [2.24, 2.45) is 0 Å². The third-order valence-electron chi connectivity index (χ3n) is 5.35. The van der Waals surface area contributed by atoms with Gasteiger partial charge < -0.3 is 21.3 Å². The lowest BCUT2D eigenvalue weighted by Crippen LogP contribution is -2.26. The van der Waals surface area contributed by atoms with E-state index >= 15 is 0 Å². The van der Waals surface area contributed by atoms with Crippen molar-refractivity contribution < 1.29 is 14.4 Å². The third-order valence-corrected chi connectivity index (χ3v) is 5.35. The minimum absolute atomic E-state index is 0.274. The smallest absolute Gasteiger partial charge is 0.323 e. The number of urea groups is 1. The summed E-state index contributed by atoms with van der Waals surface area (Å²) >= 11 is 0. The van der Waals surface area contributed by atoms with Crippen LogP contribution < -0.4 is 21.3 Å². The lowest BCUT2D eigenvalue weighted by atomic mass is 10.1. The molecule has 0 aliphatic heterocycles. The number of hydrogen-bond acceptors (Lipinski definition) is 4. The summed E-state index contributed by atoms with van der Waals surface area (Å²) in [6, 6.07) is 25.8. The number of hydrogen-bond donors (Lipinski definition) is 4. The van der Waals surface area contributed by atoms with Crippen LogP contribution in [0.5, 0.6) is 0 Å². The van der Waals surface area contributed by atoms with Gasteiger partial charge in [0.15, 0.2) is 0 Å². The number of nitrogens with one attached hydrogen (secondary N) is 4. The average Bonchev–Trinajstić information content (AvgIpc) is 2.90. The van der Waals surface area contributed by atoms with Crippen LogP contribution in [0.1, 0.15) is 39.2 Å². The first-order valence-corrected chi connectivity index (χ1v) is 11.3. The first-order chi connectivity index (χ1) is 17.5. The number of benzene rings is 3. The summed E-state index contributed by atoms with van der Waals surface area (Å²) in [6.45, 7) is 1.87. The van der Waals surface area contributed by atoms with Crippen LogP contribution >= 0.6 is 0 Å². The van der Waals surface area contributed by atoms with Crippen molar-refractivity contribution in [3.05, 3.63) is 120 Å². The molecule has 4 amide bonds. The molecule has 0 radical (unpaired) electrons. The highest BCUT2D eigenvalue weighted by Gasteiger charge is 2.13. The predicted octanol–water partition coefficient (Wildman–Crippen LogP) is 5.47. The minimum Gasteiger partial charge on any atom is -0.346 e. The average molecular weight is 480 g/mol. The van der Waals surface area contributed by atoms with Gasteiger partial charge in [-0.3, -0.25) is 14.6 Å². The second-order valence-electron chi connectivity index (χ2n) is 8.04. The molecule has 180 valence electrons. The van der Waals surface area contributed by atoms with Crippen LogP contribution in [-0.2, 0) is 0 Å². The first kappa shape index (κ1) is 24.2. The topological polar surface area (TPSA) is 112 Å². The van der Waals surface area contributed by atoms with E-state index in [0.29, 0.717) is 28.2 Å². The van der Waals surface area contributed by atoms with Gasteiger partial charge in [0.1, 0.15) is 0 Å². The molecule has 1 atom stereocenters. The van der Waals surface area contributed by atoms with Crippen LogP contribution in [0.3, 0.4) is 0 Å². The molecule has 4 aromatic rings. The van der Waals surface area contributed by atoms with E-state index in [2.05, 4.69) is 26.3 Å². The molecule has 8 nitrogen and oxygen atoms in total. The molecular weight excluding hydrogens is 454 g/mol. The number of amides is 4. The van der Waals surface area contributed by atoms with Crippen molar-refractivity contribution in [3.63, 3.8) is 0 Å². The summed E-state index contributed by atoms with van der Waals surface area (Å²) in [5, 5.41) is 11.3. The summed E-state index contributed by atoms with van der Waals surface area (Å²) in [6.07, 6.45) is 3.07. The fourth-order valence-corrected chi connectivity index (χ4v) is 3.47. The van der Waals surface area contributed by atoms with E-state index < -0.39 is 0 Å². The summed E-state index contributed by atoms with van der Waals surface area (Å²) in [4.78, 5) is 41.3. The summed E-state index contributed by atoms with van der Waals surface area (Å²) in [7, 11) is 0. The Hall–Kier alpha value is -4.98. The number of pyridine rings is 1. The number of rotatable bonds is 7. The Balaban J connectivity index is 1.33. The van der Waals surface area contributed by atoms with Gasteiger partial charge in [0, 0.05) is 35.0 Å². The normalized spacial score (nSPS) is 11.1. The standard InChI is InChI=1S/C28H25N5O3/c1-19(20-12-14-24(15-13-20)33-28(36)32-23-9-3-2-4-10-23)30-26(34)21-7-5-11-25(17-21)31-27(35)22-8-6-16-29-18-22/h2-19H,1H3,(H,30,34)(H,31,35)(H2,32,33,36). The number of carbonyl (C=O) groups is 3. The molecule has 0 spiro atoms. The molecule has 8 heteroatoms. The molecule has 1 heterocycles. The van der Waals surface area contributed by atoms with Gasteiger partial charge in [-0.05, 0) is 67.1 Å². The van der Waals surface area contributed by atoms with Crippen molar-refractivity contribution in [1.29, 1.82) is 0 Å². The van der Waals surface area contributed by atoms with Crippen LogP contribution in [0.2, 0.25) is 0 Å². The van der Waals surface area contributed by atoms with Gasteiger partial charge in [0.25, 0.3) is 11.8 Å². The first-order valence-electron chi connectivity index (χ1n) is 11.3. The van der Waals surface area contributed by atoms with E-state index in [1.54, 1.807) is 66.9 Å². The molecule has 36 heavy (non-hydrogen) atoms. The highest BCUT2D eigenvalue weighted by atomic mass is 16.2. The van der Waals surface area contributed by atoms with Crippen molar-refractivity contribution in [1.82, 2.24) is 10.3 Å². The number of carbonyl (C=O) groups excluding carboxylic acids is 3. The molecule has 4 N–H and O–H groups in total. The van der Waals surface area contributed by atoms with E-state index in [4.69, 9.17) is 0 Å². The number of anilines is 3. The number of aromatic nitrogens is 1. The molecule has 1 unspecified atom stereocenters. The van der Waals surface area contributed by atoms with Crippen LogP contribution in [0.15, 0.2) is 103 Å². The summed E-state index contributed by atoms with van der Waals surface area (Å²) < 4.78 is 0. The molecule has 3 aromatic carbocycles. The van der Waals surface area contributed by atoms with Crippen molar-refractivity contribution in [3.8, 4) is 0 Å². The zero-order valence-electron chi connectivity index (χ0n) is 19.6. The lowest BCUT2D eigenvalue weighted by Gasteiger charge is -2.16. The van der Waals surface area contributed by atoms with Crippen molar-refractivity contribution in [2.75, 3.05) is 16.0 Å². The monoisotopic (exact) mass is 479 g/mol. The molecule has 0 saturated carbocycles. The van der Waals surface area contributed by atoms with Crippen LogP contribution in [0.25, 0.3) is 0 Å². The van der Waals surface area contributed by atoms with Gasteiger partial charge in [0.05, 0.1) is 11.6 Å². The zero-order chi connectivity index (χ0) is 25.3. The molecule has 0 bridgehead atoms. The van der Waals surface area contributed by atoms with E-state index in [0.717, 1.165) is 5.56 Å². The maximum atomic E-state index is 12.8. The van der Waals surface area contributed by atoms with Crippen molar-refractivity contribution >= 4 is 34.9 Å². The van der Waals surface area contributed by atoms with Gasteiger partial charge in [0.2, 0.25) is 0 Å². The van der Waals surface area contributed by atoms with Gasteiger partial charge >= 0.3 is 6.03 Å². The fraction of sp³-hybridized carbons (Fsp3) is 0.0714. The van der Waals surface area contributed by atoms with Crippen molar-refractivity contribution in [2.45, 2.75) is 13.0 Å². The Morgan fingerprint density at radius 2 is 1.33 bits per heavy atom. The Morgan fingerprint density at radius 3 is 2.03 bits per heavy atom. The second kappa shape index (κ2) is 11.4. The predicted molar refractivity (Wildman–Crippen MR) is 140 cm³/mol. The third kappa shape index (κ3) is 6.54. The minimum atomic E-state index is -0.342. The quantitative estimate of drug-likeness (QED) is 0.282. The van der Waals surface area contributed by atoms with E-state index in [-0.39, 0.29) is 23.9 Å². The van der Waals surface area contributed by atoms with Crippen LogP contribution in [0.4, 0.5) is 21.9 Å².